The van der Waals surface area contributed by atoms with E-state index in [4.69, 9.17) is 5.73 Å². The van der Waals surface area contributed by atoms with Gasteiger partial charge in [-0.15, -0.1) is 5.73 Å². The van der Waals surface area contributed by atoms with Gasteiger partial charge in [-0.3, -0.25) is 4.79 Å². The van der Waals surface area contributed by atoms with Crippen LogP contribution < -0.4 is 5.73 Å². The van der Waals surface area contributed by atoms with Gasteiger partial charge in [0.25, 0.3) is 5.91 Å². The van der Waals surface area contributed by atoms with Crippen molar-refractivity contribution in [1.82, 2.24) is 5.73 Å². The zero-order valence-electron chi connectivity index (χ0n) is 6.06. The lowest BCUT2D eigenvalue weighted by atomic mass is 9.84. The van der Waals surface area contributed by atoms with Crippen LogP contribution in [-0.4, -0.2) is 12.2 Å². The Morgan fingerprint density at radius 2 is 2.09 bits per heavy atom. The van der Waals surface area contributed by atoms with Crippen LogP contribution >= 0.6 is 0 Å². The third-order valence-electron chi connectivity index (χ3n) is 1.97. The van der Waals surface area contributed by atoms with Crippen molar-refractivity contribution < 1.29 is 9.59 Å². The molecule has 0 aromatic heterocycles. The third kappa shape index (κ3) is 1.67. The van der Waals surface area contributed by atoms with Crippen molar-refractivity contribution in [2.24, 2.45) is 11.8 Å². The highest BCUT2D eigenvalue weighted by molar-refractivity contribution is 5.80. The molecule has 0 saturated carbocycles. The summed E-state index contributed by atoms with van der Waals surface area (Å²) in [5, 5.41) is 0. The minimum atomic E-state index is -0.869. The summed E-state index contributed by atoms with van der Waals surface area (Å²) in [6.07, 6.45) is 5.47. The highest BCUT2D eigenvalue weighted by Crippen LogP contribution is 2.23. The molecule has 2 atom stereocenters. The molecule has 2 unspecified atom stereocenters. The number of carbonyl (C=O) groups excluding carboxylic acids is 2. The molecule has 3 nitrogen and oxygen atoms in total. The second-order valence-electron chi connectivity index (χ2n) is 2.69. The van der Waals surface area contributed by atoms with Crippen molar-refractivity contribution in [3.05, 3.63) is 12.2 Å². The Bertz CT molecular complexity index is 198. The molecule has 0 aliphatic heterocycles. The van der Waals surface area contributed by atoms with Crippen molar-refractivity contribution in [3.8, 4) is 0 Å². The fourth-order valence-electron chi connectivity index (χ4n) is 1.27. The number of nitrogens with zero attached hydrogens (tertiary/aromatic N) is 1. The molecule has 0 fully saturated rings. The summed E-state index contributed by atoms with van der Waals surface area (Å²) >= 11 is 0. The normalized spacial score (nSPS) is 29.8. The van der Waals surface area contributed by atoms with Gasteiger partial charge in [0.15, 0.2) is 0 Å². The maximum absolute atomic E-state index is 10.5. The van der Waals surface area contributed by atoms with Crippen LogP contribution in [0.2, 0.25) is 0 Å². The molecular weight excluding hydrogens is 142 g/mol. The molecule has 11 heavy (non-hydrogen) atoms. The van der Waals surface area contributed by atoms with Crippen molar-refractivity contribution >= 4 is 12.2 Å². The number of rotatable bonds is 2. The van der Waals surface area contributed by atoms with Crippen LogP contribution in [0.1, 0.15) is 12.8 Å². The van der Waals surface area contributed by atoms with E-state index < -0.39 is 11.8 Å². The van der Waals surface area contributed by atoms with E-state index in [2.05, 4.69) is 0 Å². The predicted octanol–water partition coefficient (Wildman–Crippen LogP) is 0.363. The Hall–Kier alpha value is -1.12. The second kappa shape index (κ2) is 3.32. The summed E-state index contributed by atoms with van der Waals surface area (Å²) in [6, 6.07) is 0. The molecule has 0 N–H and O–H groups in total. The van der Waals surface area contributed by atoms with E-state index in [0.29, 0.717) is 12.8 Å². The molecule has 1 rings (SSSR count). The van der Waals surface area contributed by atoms with Crippen LogP contribution in [0.4, 0.5) is 0 Å². The quantitative estimate of drug-likeness (QED) is 0.422. The fourth-order valence-corrected chi connectivity index (χ4v) is 1.27. The van der Waals surface area contributed by atoms with Crippen LogP contribution in [0.5, 0.6) is 0 Å². The van der Waals surface area contributed by atoms with Gasteiger partial charge in [0.2, 0.25) is 0 Å². The molecule has 0 spiro atoms. The molecule has 3 heteroatoms. The Morgan fingerprint density at radius 3 is 2.55 bits per heavy atom. The van der Waals surface area contributed by atoms with Gasteiger partial charge in [-0.05, 0) is 12.8 Å². The van der Waals surface area contributed by atoms with Gasteiger partial charge in [-0.1, -0.05) is 12.2 Å². The van der Waals surface area contributed by atoms with E-state index in [1.807, 2.05) is 12.2 Å². The van der Waals surface area contributed by atoms with Crippen LogP contribution in [0.3, 0.4) is 0 Å². The summed E-state index contributed by atoms with van der Waals surface area (Å²) < 4.78 is 0. The summed E-state index contributed by atoms with van der Waals surface area (Å²) in [6.45, 7) is 0. The van der Waals surface area contributed by atoms with Crippen molar-refractivity contribution in [1.29, 1.82) is 0 Å². The molecule has 0 aromatic rings. The maximum Gasteiger partial charge on any atom is 0.268 e. The Balaban J connectivity index is 2.68. The molecule has 1 amide bonds. The van der Waals surface area contributed by atoms with E-state index in [-0.39, 0.29) is 5.92 Å². The minimum Gasteiger partial charge on any atom is -0.303 e. The number of aldehydes is 1. The zero-order valence-corrected chi connectivity index (χ0v) is 6.06. The topological polar surface area (TPSA) is 56.4 Å². The molecule has 0 aromatic carbocycles. The van der Waals surface area contributed by atoms with Crippen molar-refractivity contribution in [2.45, 2.75) is 12.8 Å². The van der Waals surface area contributed by atoms with Gasteiger partial charge in [0.1, 0.15) is 6.29 Å². The van der Waals surface area contributed by atoms with Crippen molar-refractivity contribution in [2.75, 3.05) is 0 Å². The molecule has 1 aliphatic rings. The van der Waals surface area contributed by atoms with Gasteiger partial charge in [-0.2, -0.15) is 0 Å². The number of carbonyl (C=O) groups is 2. The third-order valence-corrected chi connectivity index (χ3v) is 1.97. The first kappa shape index (κ1) is 7.98. The van der Waals surface area contributed by atoms with Gasteiger partial charge < -0.3 is 4.79 Å². The van der Waals surface area contributed by atoms with E-state index in [0.717, 1.165) is 6.29 Å². The fraction of sp³-hybridized carbons (Fsp3) is 0.500. The van der Waals surface area contributed by atoms with Crippen LogP contribution in [0.25, 0.3) is 0 Å². The number of allylic oxidation sites excluding steroid dienone is 2. The van der Waals surface area contributed by atoms with Crippen LogP contribution in [0.15, 0.2) is 12.2 Å². The monoisotopic (exact) mass is 151 g/mol. The summed E-state index contributed by atoms with van der Waals surface area (Å²) in [5.41, 5.74) is 8.65. The maximum atomic E-state index is 10.5. The Kier molecular flexibility index (Phi) is 2.41. The summed E-state index contributed by atoms with van der Waals surface area (Å²) in [4.78, 5) is 20.9. The first-order valence-electron chi connectivity index (χ1n) is 3.59. The number of amides is 1. The molecular formula is C8H9NO2. The highest BCUT2D eigenvalue weighted by Gasteiger charge is 2.27. The standard InChI is InChI=1S/C8H9NO2/c9-8(11)7-4-2-1-3-6(7)5-10/h1-2,5-7H,3-4H2. The summed E-state index contributed by atoms with van der Waals surface area (Å²) in [5.74, 6) is -1.69. The van der Waals surface area contributed by atoms with Crippen molar-refractivity contribution in [3.63, 3.8) is 0 Å². The average molecular weight is 151 g/mol. The van der Waals surface area contributed by atoms with E-state index in [9.17, 15) is 9.59 Å². The van der Waals surface area contributed by atoms with Gasteiger partial charge in [-0.25, -0.2) is 0 Å². The Morgan fingerprint density at radius 1 is 1.45 bits per heavy atom. The number of hydrogen-bond acceptors (Lipinski definition) is 2. The highest BCUT2D eigenvalue weighted by atomic mass is 16.1. The van der Waals surface area contributed by atoms with E-state index in [1.54, 1.807) is 0 Å². The lowest BCUT2D eigenvalue weighted by Gasteiger charge is -2.19. The van der Waals surface area contributed by atoms with Gasteiger partial charge in [0, 0.05) is 5.92 Å². The lowest BCUT2D eigenvalue weighted by molar-refractivity contribution is -0.127. The first-order valence-corrected chi connectivity index (χ1v) is 3.59. The van der Waals surface area contributed by atoms with Gasteiger partial charge in [0.05, 0.1) is 5.92 Å². The van der Waals surface area contributed by atoms with Crippen LogP contribution in [0, 0.1) is 11.8 Å². The second-order valence-corrected chi connectivity index (χ2v) is 2.69. The van der Waals surface area contributed by atoms with E-state index in [1.165, 1.54) is 0 Å². The molecule has 1 aliphatic carbocycles. The van der Waals surface area contributed by atoms with E-state index >= 15 is 0 Å². The SMILES string of the molecule is [N]C(=O)C1CC=CCC1C=O. The largest absolute Gasteiger partial charge is 0.303 e. The lowest BCUT2D eigenvalue weighted by Crippen LogP contribution is -2.26. The predicted molar refractivity (Wildman–Crippen MR) is 38.6 cm³/mol. The number of hydrogen-bond donors (Lipinski definition) is 0. The summed E-state index contributed by atoms with van der Waals surface area (Å²) in [7, 11) is 0. The molecule has 0 saturated heterocycles. The molecule has 58 valence electrons. The zero-order chi connectivity index (χ0) is 8.27. The molecule has 0 heterocycles. The first-order chi connectivity index (χ1) is 5.25. The van der Waals surface area contributed by atoms with Gasteiger partial charge >= 0.3 is 0 Å². The Labute approximate surface area is 65.3 Å². The van der Waals surface area contributed by atoms with Crippen LogP contribution in [-0.2, 0) is 9.59 Å². The molecule has 2 radical (unpaired) electrons. The molecule has 0 bridgehead atoms. The minimum absolute atomic E-state index is 0.322. The smallest absolute Gasteiger partial charge is 0.268 e. The average Bonchev–Trinajstić information content (AvgIpc) is 2.04.